The third-order valence-corrected chi connectivity index (χ3v) is 4.49. The first-order valence-electron chi connectivity index (χ1n) is 9.30. The van der Waals surface area contributed by atoms with E-state index >= 15 is 0 Å². The Morgan fingerprint density at radius 3 is 2.36 bits per heavy atom. The Bertz CT molecular complexity index is 849. The maximum Gasteiger partial charge on any atom is 0.201 e. The molecule has 1 atom stereocenters. The molecule has 0 saturated heterocycles. The summed E-state index contributed by atoms with van der Waals surface area (Å²) >= 11 is 0. The average Bonchev–Trinajstić information content (AvgIpc) is 2.67. The van der Waals surface area contributed by atoms with Gasteiger partial charge in [0.15, 0.2) is 11.6 Å². The Balaban J connectivity index is 2.27. The van der Waals surface area contributed by atoms with Crippen molar-refractivity contribution in [3.63, 3.8) is 0 Å². The summed E-state index contributed by atoms with van der Waals surface area (Å²) in [5.41, 5.74) is 0.0491. The highest BCUT2D eigenvalue weighted by molar-refractivity contribution is 5.79. The molecule has 0 aliphatic rings. The number of ether oxygens (including phenoxy) is 1. The summed E-state index contributed by atoms with van der Waals surface area (Å²) in [7, 11) is 0. The van der Waals surface area contributed by atoms with Crippen molar-refractivity contribution < 1.29 is 27.5 Å². The Morgan fingerprint density at radius 2 is 1.75 bits per heavy atom. The largest absolute Gasteiger partial charge is 0.491 e. The number of carbonyl (C=O) groups is 2. The summed E-state index contributed by atoms with van der Waals surface area (Å²) in [4.78, 5) is 23.0. The molecule has 0 N–H and O–H groups in total. The first-order valence-corrected chi connectivity index (χ1v) is 9.30. The SMILES string of the molecule is CCCC(=O)CCC(C=O)c1ccc(-c2ccc(OCC)c(F)c2F)c(F)c1. The molecule has 0 aliphatic carbocycles. The molecule has 2 rings (SSSR count). The second-order valence-electron chi connectivity index (χ2n) is 6.48. The first kappa shape index (κ1) is 21.7. The molecule has 0 fully saturated rings. The van der Waals surface area contributed by atoms with Crippen LogP contribution in [-0.4, -0.2) is 18.7 Å². The van der Waals surface area contributed by atoms with Crippen LogP contribution in [0.1, 0.15) is 51.0 Å². The number of halogens is 3. The second kappa shape index (κ2) is 10.1. The molecule has 0 heterocycles. The van der Waals surface area contributed by atoms with Gasteiger partial charge in [-0.05, 0) is 43.5 Å². The highest BCUT2D eigenvalue weighted by Crippen LogP contribution is 2.33. The predicted octanol–water partition coefficient (Wildman–Crippen LogP) is 5.60. The van der Waals surface area contributed by atoms with Gasteiger partial charge in [0.2, 0.25) is 5.82 Å². The molecule has 0 spiro atoms. The average molecular weight is 392 g/mol. The molecule has 1 unspecified atom stereocenters. The minimum Gasteiger partial charge on any atom is -0.491 e. The topological polar surface area (TPSA) is 43.4 Å². The van der Waals surface area contributed by atoms with E-state index in [9.17, 15) is 22.8 Å². The van der Waals surface area contributed by atoms with Crippen LogP contribution in [0.2, 0.25) is 0 Å². The molecule has 150 valence electrons. The Hall–Kier alpha value is -2.63. The number of ketones is 1. The minimum absolute atomic E-state index is 0.0541. The lowest BCUT2D eigenvalue weighted by atomic mass is 9.92. The van der Waals surface area contributed by atoms with Crippen LogP contribution >= 0.6 is 0 Å². The fourth-order valence-electron chi connectivity index (χ4n) is 3.02. The summed E-state index contributed by atoms with van der Waals surface area (Å²) in [5.74, 6) is -3.97. The lowest BCUT2D eigenvalue weighted by Crippen LogP contribution is -2.06. The summed E-state index contributed by atoms with van der Waals surface area (Å²) in [6.07, 6.45) is 2.37. The van der Waals surface area contributed by atoms with Gasteiger partial charge in [0.1, 0.15) is 17.9 Å². The lowest BCUT2D eigenvalue weighted by molar-refractivity contribution is -0.119. The molecule has 0 saturated carbocycles. The third-order valence-electron chi connectivity index (χ3n) is 4.49. The third kappa shape index (κ3) is 5.00. The number of rotatable bonds is 10. The van der Waals surface area contributed by atoms with Crippen LogP contribution in [0.3, 0.4) is 0 Å². The van der Waals surface area contributed by atoms with Crippen molar-refractivity contribution in [2.75, 3.05) is 6.61 Å². The molecule has 2 aromatic rings. The van der Waals surface area contributed by atoms with Crippen molar-refractivity contribution in [3.05, 3.63) is 53.3 Å². The van der Waals surface area contributed by atoms with Crippen molar-refractivity contribution in [1.82, 2.24) is 0 Å². The number of hydrogen-bond acceptors (Lipinski definition) is 3. The zero-order chi connectivity index (χ0) is 20.7. The highest BCUT2D eigenvalue weighted by Gasteiger charge is 2.20. The second-order valence-corrected chi connectivity index (χ2v) is 6.48. The quantitative estimate of drug-likeness (QED) is 0.494. The number of hydrogen-bond donors (Lipinski definition) is 0. The number of carbonyl (C=O) groups excluding carboxylic acids is 2. The number of aldehydes is 1. The van der Waals surface area contributed by atoms with E-state index in [-0.39, 0.29) is 42.1 Å². The van der Waals surface area contributed by atoms with E-state index < -0.39 is 23.4 Å². The maximum absolute atomic E-state index is 14.6. The van der Waals surface area contributed by atoms with Gasteiger partial charge in [0.05, 0.1) is 6.61 Å². The van der Waals surface area contributed by atoms with Crippen LogP contribution in [0.25, 0.3) is 11.1 Å². The lowest BCUT2D eigenvalue weighted by Gasteiger charge is -2.13. The van der Waals surface area contributed by atoms with Gasteiger partial charge in [-0.1, -0.05) is 19.1 Å². The van der Waals surface area contributed by atoms with Crippen molar-refractivity contribution >= 4 is 12.1 Å². The first-order chi connectivity index (χ1) is 13.4. The van der Waals surface area contributed by atoms with Crippen LogP contribution in [0.15, 0.2) is 30.3 Å². The van der Waals surface area contributed by atoms with Gasteiger partial charge in [-0.25, -0.2) is 8.78 Å². The molecular weight excluding hydrogens is 369 g/mol. The zero-order valence-electron chi connectivity index (χ0n) is 15.9. The molecule has 0 aromatic heterocycles. The molecule has 28 heavy (non-hydrogen) atoms. The Kier molecular flexibility index (Phi) is 7.79. The molecular formula is C22H23F3O3. The molecule has 2 aromatic carbocycles. The van der Waals surface area contributed by atoms with E-state index in [2.05, 4.69) is 0 Å². The molecule has 0 aliphatic heterocycles. The van der Waals surface area contributed by atoms with E-state index in [1.165, 1.54) is 24.3 Å². The number of benzene rings is 2. The normalized spacial score (nSPS) is 11.9. The van der Waals surface area contributed by atoms with E-state index in [1.54, 1.807) is 6.92 Å². The van der Waals surface area contributed by atoms with Gasteiger partial charge < -0.3 is 9.53 Å². The standard InChI is InChI=1S/C22H23F3O3/c1-3-5-16(27)8-6-15(13-26)14-7-9-17(19(23)12-14)18-10-11-20(28-4-2)22(25)21(18)24/h7,9-13,15H,3-6,8H2,1-2H3. The maximum atomic E-state index is 14.6. The van der Waals surface area contributed by atoms with Gasteiger partial charge in [-0.2, -0.15) is 4.39 Å². The fourth-order valence-corrected chi connectivity index (χ4v) is 3.02. The smallest absolute Gasteiger partial charge is 0.201 e. The Labute approximate surface area is 162 Å². The van der Waals surface area contributed by atoms with E-state index in [0.717, 1.165) is 12.5 Å². The van der Waals surface area contributed by atoms with Gasteiger partial charge >= 0.3 is 0 Å². The monoisotopic (exact) mass is 392 g/mol. The fraction of sp³-hybridized carbons (Fsp3) is 0.364. The van der Waals surface area contributed by atoms with Gasteiger partial charge in [-0.3, -0.25) is 4.79 Å². The molecule has 3 nitrogen and oxygen atoms in total. The van der Waals surface area contributed by atoms with E-state index in [4.69, 9.17) is 4.74 Å². The molecule has 0 bridgehead atoms. The summed E-state index contributed by atoms with van der Waals surface area (Å²) in [6, 6.07) is 6.44. The molecule has 0 amide bonds. The van der Waals surface area contributed by atoms with Gasteiger partial charge in [0.25, 0.3) is 0 Å². The van der Waals surface area contributed by atoms with E-state index in [1.807, 2.05) is 6.92 Å². The minimum atomic E-state index is -1.20. The molecule has 6 heteroatoms. The van der Waals surface area contributed by atoms with Crippen LogP contribution < -0.4 is 4.74 Å². The zero-order valence-corrected chi connectivity index (χ0v) is 15.9. The van der Waals surface area contributed by atoms with Crippen molar-refractivity contribution in [3.8, 4) is 16.9 Å². The van der Waals surface area contributed by atoms with Crippen LogP contribution in [0.5, 0.6) is 5.75 Å². The Morgan fingerprint density at radius 1 is 1.04 bits per heavy atom. The summed E-state index contributed by atoms with van der Waals surface area (Å²) in [6.45, 7) is 3.71. The van der Waals surface area contributed by atoms with Gasteiger partial charge in [0, 0.05) is 29.9 Å². The highest BCUT2D eigenvalue weighted by atomic mass is 19.2. The van der Waals surface area contributed by atoms with Crippen LogP contribution in [0, 0.1) is 17.5 Å². The van der Waals surface area contributed by atoms with Crippen molar-refractivity contribution in [2.45, 2.75) is 45.4 Å². The number of Topliss-reactive ketones (excluding diaryl/α,β-unsaturated/α-hetero) is 1. The van der Waals surface area contributed by atoms with Crippen molar-refractivity contribution in [1.29, 1.82) is 0 Å². The van der Waals surface area contributed by atoms with Crippen LogP contribution in [-0.2, 0) is 9.59 Å². The molecule has 0 radical (unpaired) electrons. The summed E-state index contributed by atoms with van der Waals surface area (Å²) in [5, 5.41) is 0. The predicted molar refractivity (Wildman–Crippen MR) is 101 cm³/mol. The van der Waals surface area contributed by atoms with E-state index in [0.29, 0.717) is 18.3 Å². The van der Waals surface area contributed by atoms with Crippen molar-refractivity contribution in [2.24, 2.45) is 0 Å². The van der Waals surface area contributed by atoms with Gasteiger partial charge in [-0.15, -0.1) is 0 Å². The summed E-state index contributed by atoms with van der Waals surface area (Å²) < 4.78 is 48.0. The van der Waals surface area contributed by atoms with Crippen LogP contribution in [0.4, 0.5) is 13.2 Å².